The van der Waals surface area contributed by atoms with Crippen LogP contribution in [-0.2, 0) is 25.7 Å². The standard InChI is InChI=1S/C38H46O6S/c1-8-28(3)36(43-7)29(4)25-30(5)37(45(40,41)34-20-13-10-14-21-34)35(44-38(39)32-17-11-9-12-18-32)24-27(2)22-23-31-16-15-19-33(26-31)42-6/h8-22,25-26,29,35-37H,23-24H2,1-7H3/b27-22+,28-8+,30-25+. The van der Waals surface area contributed by atoms with Crippen molar-refractivity contribution >= 4 is 15.8 Å². The number of esters is 1. The average Bonchev–Trinajstić information content (AvgIpc) is 3.04. The van der Waals surface area contributed by atoms with Gasteiger partial charge in [-0.15, -0.1) is 0 Å². The van der Waals surface area contributed by atoms with Crippen molar-refractivity contribution in [2.24, 2.45) is 5.92 Å². The van der Waals surface area contributed by atoms with E-state index < -0.39 is 27.2 Å². The van der Waals surface area contributed by atoms with E-state index in [0.29, 0.717) is 17.6 Å². The molecule has 0 aliphatic rings. The van der Waals surface area contributed by atoms with E-state index in [0.717, 1.165) is 22.5 Å². The first-order valence-electron chi connectivity index (χ1n) is 15.2. The molecule has 0 radical (unpaired) electrons. The first kappa shape index (κ1) is 35.5. The lowest BCUT2D eigenvalue weighted by molar-refractivity contribution is 0.0310. The number of hydrogen-bond donors (Lipinski definition) is 0. The third-order valence-electron chi connectivity index (χ3n) is 7.97. The Bertz CT molecular complexity index is 1590. The summed E-state index contributed by atoms with van der Waals surface area (Å²) in [5.41, 5.74) is 3.94. The van der Waals surface area contributed by atoms with Gasteiger partial charge >= 0.3 is 5.97 Å². The van der Waals surface area contributed by atoms with Gasteiger partial charge in [0.2, 0.25) is 0 Å². The maximum Gasteiger partial charge on any atom is 0.338 e. The summed E-state index contributed by atoms with van der Waals surface area (Å²) in [5.74, 6) is 0.0457. The molecule has 240 valence electrons. The lowest BCUT2D eigenvalue weighted by Crippen LogP contribution is -2.39. The van der Waals surface area contributed by atoms with E-state index in [1.54, 1.807) is 75.7 Å². The third kappa shape index (κ3) is 9.77. The molecule has 0 bridgehead atoms. The fourth-order valence-corrected chi connectivity index (χ4v) is 7.50. The maximum atomic E-state index is 14.5. The average molecular weight is 631 g/mol. The molecule has 7 heteroatoms. The molecule has 3 aromatic rings. The highest BCUT2D eigenvalue weighted by Gasteiger charge is 2.39. The van der Waals surface area contributed by atoms with Crippen molar-refractivity contribution in [1.29, 1.82) is 0 Å². The molecule has 3 rings (SSSR count). The minimum absolute atomic E-state index is 0.144. The minimum Gasteiger partial charge on any atom is -0.497 e. The number of benzene rings is 3. The van der Waals surface area contributed by atoms with Crippen LogP contribution in [0, 0.1) is 5.92 Å². The highest BCUT2D eigenvalue weighted by atomic mass is 32.2. The summed E-state index contributed by atoms with van der Waals surface area (Å²) in [5, 5.41) is -1.14. The Labute approximate surface area is 269 Å². The largest absolute Gasteiger partial charge is 0.497 e. The van der Waals surface area contributed by atoms with Gasteiger partial charge in [-0.3, -0.25) is 0 Å². The molecule has 0 heterocycles. The van der Waals surface area contributed by atoms with Crippen molar-refractivity contribution in [3.05, 3.63) is 131 Å². The summed E-state index contributed by atoms with van der Waals surface area (Å²) in [6, 6.07) is 24.8. The van der Waals surface area contributed by atoms with Crippen LogP contribution in [0.1, 0.15) is 57.0 Å². The second-order valence-electron chi connectivity index (χ2n) is 11.4. The number of sulfone groups is 1. The number of carbonyl (C=O) groups is 1. The molecule has 0 saturated heterocycles. The van der Waals surface area contributed by atoms with E-state index in [2.05, 4.69) is 0 Å². The van der Waals surface area contributed by atoms with Gasteiger partial charge in [0.15, 0.2) is 9.84 Å². The van der Waals surface area contributed by atoms with Gasteiger partial charge in [0, 0.05) is 19.4 Å². The van der Waals surface area contributed by atoms with E-state index >= 15 is 0 Å². The molecule has 4 atom stereocenters. The Morgan fingerprint density at radius 1 is 0.867 bits per heavy atom. The van der Waals surface area contributed by atoms with Gasteiger partial charge in [-0.25, -0.2) is 13.2 Å². The van der Waals surface area contributed by atoms with Gasteiger partial charge in [0.25, 0.3) is 0 Å². The summed E-state index contributed by atoms with van der Waals surface area (Å²) in [7, 11) is -0.719. The fourth-order valence-electron chi connectivity index (χ4n) is 5.55. The van der Waals surface area contributed by atoms with E-state index in [9.17, 15) is 13.2 Å². The van der Waals surface area contributed by atoms with Crippen molar-refractivity contribution in [1.82, 2.24) is 0 Å². The second-order valence-corrected chi connectivity index (χ2v) is 13.4. The minimum atomic E-state index is -4.00. The SMILES string of the molecule is C/C=C(\C)C(OC)C(C)/C=C(\C)C(C(C/C(C)=C/Cc1cccc(OC)c1)OC(=O)c1ccccc1)S(=O)(=O)c1ccccc1. The molecule has 0 aromatic heterocycles. The number of hydrogen-bond acceptors (Lipinski definition) is 6. The number of ether oxygens (including phenoxy) is 3. The molecule has 0 N–H and O–H groups in total. The van der Waals surface area contributed by atoms with Crippen molar-refractivity contribution in [3.63, 3.8) is 0 Å². The molecule has 0 amide bonds. The predicted octanol–water partition coefficient (Wildman–Crippen LogP) is 8.21. The van der Waals surface area contributed by atoms with Crippen molar-refractivity contribution in [2.45, 2.75) is 69.8 Å². The molecule has 0 aliphatic heterocycles. The Kier molecular flexibility index (Phi) is 13.4. The lowest BCUT2D eigenvalue weighted by Gasteiger charge is -2.30. The monoisotopic (exact) mass is 630 g/mol. The summed E-state index contributed by atoms with van der Waals surface area (Å²) < 4.78 is 46.2. The molecule has 45 heavy (non-hydrogen) atoms. The number of methoxy groups -OCH3 is 2. The van der Waals surface area contributed by atoms with E-state index in [1.807, 2.05) is 76.3 Å². The normalized spacial score (nSPS) is 15.6. The Balaban J connectivity index is 2.12. The van der Waals surface area contributed by atoms with Crippen LogP contribution < -0.4 is 4.74 Å². The van der Waals surface area contributed by atoms with Crippen LogP contribution in [0.2, 0.25) is 0 Å². The van der Waals surface area contributed by atoms with Gasteiger partial charge in [-0.05, 0) is 81.7 Å². The molecule has 0 saturated carbocycles. The predicted molar refractivity (Wildman–Crippen MR) is 181 cm³/mol. The highest BCUT2D eigenvalue weighted by molar-refractivity contribution is 7.92. The maximum absolute atomic E-state index is 14.5. The van der Waals surface area contributed by atoms with Gasteiger partial charge in [-0.1, -0.05) is 84.8 Å². The molecular formula is C38H46O6S. The molecule has 0 aliphatic carbocycles. The Morgan fingerprint density at radius 3 is 2.11 bits per heavy atom. The first-order chi connectivity index (χ1) is 21.5. The molecule has 6 nitrogen and oxygen atoms in total. The van der Waals surface area contributed by atoms with Crippen LogP contribution in [0.4, 0.5) is 0 Å². The van der Waals surface area contributed by atoms with E-state index in [1.165, 1.54) is 0 Å². The third-order valence-corrected chi connectivity index (χ3v) is 10.2. The summed E-state index contributed by atoms with van der Waals surface area (Å²) in [6.07, 6.45) is 5.57. The summed E-state index contributed by atoms with van der Waals surface area (Å²) in [4.78, 5) is 13.7. The van der Waals surface area contributed by atoms with Crippen LogP contribution in [0.15, 0.2) is 125 Å². The van der Waals surface area contributed by atoms with E-state index in [4.69, 9.17) is 14.2 Å². The molecule has 0 spiro atoms. The molecular weight excluding hydrogens is 584 g/mol. The van der Waals surface area contributed by atoms with E-state index in [-0.39, 0.29) is 23.3 Å². The van der Waals surface area contributed by atoms with Gasteiger partial charge < -0.3 is 14.2 Å². The van der Waals surface area contributed by atoms with Crippen LogP contribution in [0.5, 0.6) is 5.75 Å². The number of allylic oxidation sites excluding steroid dienone is 2. The lowest BCUT2D eigenvalue weighted by atomic mass is 9.93. The van der Waals surface area contributed by atoms with Crippen LogP contribution in [-0.4, -0.2) is 46.1 Å². The van der Waals surface area contributed by atoms with Gasteiger partial charge in [-0.2, -0.15) is 0 Å². The highest BCUT2D eigenvalue weighted by Crippen LogP contribution is 2.31. The van der Waals surface area contributed by atoms with Crippen LogP contribution in [0.3, 0.4) is 0 Å². The van der Waals surface area contributed by atoms with Crippen LogP contribution >= 0.6 is 0 Å². The fraction of sp³-hybridized carbons (Fsp3) is 0.342. The van der Waals surface area contributed by atoms with Crippen molar-refractivity contribution in [3.8, 4) is 5.75 Å². The van der Waals surface area contributed by atoms with Crippen molar-refractivity contribution < 1.29 is 27.4 Å². The quantitative estimate of drug-likeness (QED) is 0.124. The number of rotatable bonds is 15. The molecule has 3 aromatic carbocycles. The Morgan fingerprint density at radius 2 is 1.51 bits per heavy atom. The molecule has 0 fully saturated rings. The zero-order chi connectivity index (χ0) is 33.0. The smallest absolute Gasteiger partial charge is 0.338 e. The van der Waals surface area contributed by atoms with Crippen molar-refractivity contribution in [2.75, 3.05) is 14.2 Å². The first-order valence-corrected chi connectivity index (χ1v) is 16.7. The van der Waals surface area contributed by atoms with Gasteiger partial charge in [0.1, 0.15) is 17.1 Å². The topological polar surface area (TPSA) is 78.9 Å². The van der Waals surface area contributed by atoms with Gasteiger partial charge in [0.05, 0.1) is 23.7 Å². The summed E-state index contributed by atoms with van der Waals surface area (Å²) >= 11 is 0. The molecule has 4 unspecified atom stereocenters. The van der Waals surface area contributed by atoms with Crippen LogP contribution in [0.25, 0.3) is 0 Å². The second kappa shape index (κ2) is 16.9. The zero-order valence-electron chi connectivity index (χ0n) is 27.4. The number of carbonyl (C=O) groups excluding carboxylic acids is 1. The Hall–Kier alpha value is -3.94. The zero-order valence-corrected chi connectivity index (χ0v) is 28.2. The summed E-state index contributed by atoms with van der Waals surface area (Å²) in [6.45, 7) is 9.69.